The van der Waals surface area contributed by atoms with Crippen molar-refractivity contribution in [1.82, 2.24) is 4.98 Å². The Morgan fingerprint density at radius 3 is 2.48 bits per heavy atom. The summed E-state index contributed by atoms with van der Waals surface area (Å²) in [7, 11) is 1.64. The van der Waals surface area contributed by atoms with Crippen LogP contribution in [0.3, 0.4) is 0 Å². The lowest BCUT2D eigenvalue weighted by Crippen LogP contribution is -3.00. The summed E-state index contributed by atoms with van der Waals surface area (Å²) in [5.41, 5.74) is 2.41. The van der Waals surface area contributed by atoms with Crippen LogP contribution in [-0.4, -0.2) is 17.9 Å². The van der Waals surface area contributed by atoms with Gasteiger partial charge in [-0.25, -0.2) is 4.57 Å². The lowest BCUT2D eigenvalue weighted by Gasteiger charge is -2.05. The van der Waals surface area contributed by atoms with Crippen molar-refractivity contribution < 1.29 is 31.1 Å². The standard InChI is InChI=1S/C19H16BrN2O2.BrH/c1-24-19-5-3-2-4-16(19)17-10-11-22(13-21-17)12-18(23)14-6-8-15(20)9-7-14;/h2-11,13H,12H2,1H3;1H/q+1;/p-1. The van der Waals surface area contributed by atoms with Crippen LogP contribution in [0.25, 0.3) is 11.3 Å². The Balaban J connectivity index is 0.00000225. The molecule has 0 amide bonds. The molecule has 4 nitrogen and oxygen atoms in total. The molecule has 0 saturated carbocycles. The summed E-state index contributed by atoms with van der Waals surface area (Å²) in [6, 6.07) is 16.9. The van der Waals surface area contributed by atoms with Crippen molar-refractivity contribution in [3.63, 3.8) is 0 Å². The van der Waals surface area contributed by atoms with E-state index in [4.69, 9.17) is 4.74 Å². The number of ketones is 1. The number of halogens is 2. The molecule has 0 aliphatic rings. The molecular weight excluding hydrogens is 448 g/mol. The molecular formula is C19H16Br2N2O2. The van der Waals surface area contributed by atoms with Gasteiger partial charge in [0.2, 0.25) is 5.78 Å². The normalized spacial score (nSPS) is 10.0. The zero-order chi connectivity index (χ0) is 16.9. The molecule has 6 heteroatoms. The van der Waals surface area contributed by atoms with Gasteiger partial charge in [0.1, 0.15) is 5.75 Å². The van der Waals surface area contributed by atoms with E-state index >= 15 is 0 Å². The Morgan fingerprint density at radius 2 is 1.84 bits per heavy atom. The van der Waals surface area contributed by atoms with Gasteiger partial charge in [-0.15, -0.1) is 0 Å². The Kier molecular flexibility index (Phi) is 6.84. The van der Waals surface area contributed by atoms with Crippen molar-refractivity contribution in [1.29, 1.82) is 0 Å². The molecule has 25 heavy (non-hydrogen) atoms. The molecule has 0 N–H and O–H groups in total. The third kappa shape index (κ3) is 4.74. The fourth-order valence-corrected chi connectivity index (χ4v) is 2.65. The molecule has 0 aliphatic carbocycles. The van der Waals surface area contributed by atoms with Gasteiger partial charge in [0, 0.05) is 16.1 Å². The van der Waals surface area contributed by atoms with E-state index in [9.17, 15) is 4.79 Å². The van der Waals surface area contributed by atoms with Gasteiger partial charge in [-0.1, -0.05) is 40.2 Å². The summed E-state index contributed by atoms with van der Waals surface area (Å²) in [6.07, 6.45) is 3.52. The van der Waals surface area contributed by atoms with Crippen molar-refractivity contribution >= 4 is 21.7 Å². The summed E-state index contributed by atoms with van der Waals surface area (Å²) in [5.74, 6) is 0.813. The van der Waals surface area contributed by atoms with Gasteiger partial charge in [-0.05, 0) is 29.2 Å². The minimum Gasteiger partial charge on any atom is -1.00 e. The van der Waals surface area contributed by atoms with E-state index in [1.807, 2.05) is 60.8 Å². The number of benzene rings is 2. The first-order valence-electron chi connectivity index (χ1n) is 7.44. The molecule has 0 aliphatic heterocycles. The largest absolute Gasteiger partial charge is 1.00 e. The van der Waals surface area contributed by atoms with E-state index in [-0.39, 0.29) is 29.3 Å². The molecule has 128 valence electrons. The van der Waals surface area contributed by atoms with Gasteiger partial charge in [-0.3, -0.25) is 4.79 Å². The topological polar surface area (TPSA) is 43.1 Å². The first-order valence-corrected chi connectivity index (χ1v) is 8.24. The molecule has 2 aromatic carbocycles. The second-order valence-electron chi connectivity index (χ2n) is 5.25. The Hall–Kier alpha value is -2.05. The van der Waals surface area contributed by atoms with Crippen LogP contribution in [0.2, 0.25) is 0 Å². The monoisotopic (exact) mass is 462 g/mol. The maximum Gasteiger partial charge on any atom is 0.287 e. The van der Waals surface area contributed by atoms with Crippen LogP contribution in [0, 0.1) is 0 Å². The highest BCUT2D eigenvalue weighted by Crippen LogP contribution is 2.26. The summed E-state index contributed by atoms with van der Waals surface area (Å²) < 4.78 is 8.08. The van der Waals surface area contributed by atoms with Crippen molar-refractivity contribution in [2.75, 3.05) is 7.11 Å². The van der Waals surface area contributed by atoms with Crippen molar-refractivity contribution in [2.24, 2.45) is 0 Å². The van der Waals surface area contributed by atoms with Gasteiger partial charge >= 0.3 is 0 Å². The predicted molar refractivity (Wildman–Crippen MR) is 94.9 cm³/mol. The highest BCUT2D eigenvalue weighted by atomic mass is 79.9. The SMILES string of the molecule is COc1ccccc1-c1cc[n+](CC(=O)c2ccc(Br)cc2)cn1.[Br-]. The number of carbonyl (C=O) groups excluding carboxylic acids is 1. The minimum atomic E-state index is 0. The molecule has 1 aromatic heterocycles. The number of hydrogen-bond acceptors (Lipinski definition) is 3. The first-order chi connectivity index (χ1) is 11.7. The number of para-hydroxylation sites is 1. The van der Waals surface area contributed by atoms with Gasteiger partial charge in [0.15, 0.2) is 12.2 Å². The third-order valence-electron chi connectivity index (χ3n) is 3.64. The molecule has 3 rings (SSSR count). The number of hydrogen-bond donors (Lipinski definition) is 0. The Labute approximate surface area is 165 Å². The molecule has 0 spiro atoms. The van der Waals surface area contributed by atoms with E-state index in [1.54, 1.807) is 18.0 Å². The number of aromatic nitrogens is 2. The van der Waals surface area contributed by atoms with E-state index in [2.05, 4.69) is 20.9 Å². The maximum absolute atomic E-state index is 12.3. The van der Waals surface area contributed by atoms with Crippen LogP contribution < -0.4 is 26.3 Å². The third-order valence-corrected chi connectivity index (χ3v) is 4.17. The Morgan fingerprint density at radius 1 is 1.12 bits per heavy atom. The zero-order valence-corrected chi connectivity index (χ0v) is 16.7. The number of carbonyl (C=O) groups is 1. The van der Waals surface area contributed by atoms with Crippen LogP contribution in [0.15, 0.2) is 71.6 Å². The fraction of sp³-hybridized carbons (Fsp3) is 0.105. The van der Waals surface area contributed by atoms with Gasteiger partial charge in [0.05, 0.1) is 18.9 Å². The fourth-order valence-electron chi connectivity index (χ4n) is 2.39. The average molecular weight is 464 g/mol. The van der Waals surface area contributed by atoms with Gasteiger partial charge in [-0.2, -0.15) is 0 Å². The molecule has 0 unspecified atom stereocenters. The van der Waals surface area contributed by atoms with Crippen molar-refractivity contribution in [2.45, 2.75) is 6.54 Å². The molecule has 1 heterocycles. The smallest absolute Gasteiger partial charge is 0.287 e. The molecule has 0 radical (unpaired) electrons. The molecule has 0 bridgehead atoms. The summed E-state index contributed by atoms with van der Waals surface area (Å²) in [4.78, 5) is 16.7. The van der Waals surface area contributed by atoms with Gasteiger partial charge < -0.3 is 21.7 Å². The summed E-state index contributed by atoms with van der Waals surface area (Å²) >= 11 is 3.37. The van der Waals surface area contributed by atoms with Gasteiger partial charge in [0.25, 0.3) is 6.33 Å². The van der Waals surface area contributed by atoms with E-state index in [0.717, 1.165) is 21.5 Å². The minimum absolute atomic E-state index is 0. The second-order valence-corrected chi connectivity index (χ2v) is 6.16. The van der Waals surface area contributed by atoms with Crippen LogP contribution in [0.4, 0.5) is 0 Å². The quantitative estimate of drug-likeness (QED) is 0.413. The molecule has 0 atom stereocenters. The van der Waals surface area contributed by atoms with Crippen molar-refractivity contribution in [3.05, 3.63) is 77.2 Å². The lowest BCUT2D eigenvalue weighted by atomic mass is 10.1. The predicted octanol–water partition coefficient (Wildman–Crippen LogP) is 0.694. The van der Waals surface area contributed by atoms with Crippen molar-refractivity contribution in [3.8, 4) is 17.0 Å². The lowest BCUT2D eigenvalue weighted by molar-refractivity contribution is -0.686. The van der Waals surface area contributed by atoms with E-state index < -0.39 is 0 Å². The van der Waals surface area contributed by atoms with Crippen LogP contribution in [-0.2, 0) is 6.54 Å². The molecule has 0 fully saturated rings. The first kappa shape index (κ1) is 19.3. The second kappa shape index (κ2) is 8.87. The summed E-state index contributed by atoms with van der Waals surface area (Å²) in [6.45, 7) is 0.251. The average Bonchev–Trinajstić information content (AvgIpc) is 2.63. The van der Waals surface area contributed by atoms with Crippen LogP contribution >= 0.6 is 15.9 Å². The highest BCUT2D eigenvalue weighted by Gasteiger charge is 2.14. The number of rotatable bonds is 5. The number of Topliss-reactive ketones (excluding diaryl/α,β-unsaturated/α-hetero) is 1. The summed E-state index contributed by atoms with van der Waals surface area (Å²) in [5, 5.41) is 0. The van der Waals surface area contributed by atoms with E-state index in [1.165, 1.54) is 0 Å². The maximum atomic E-state index is 12.3. The number of nitrogens with zero attached hydrogens (tertiary/aromatic N) is 2. The van der Waals surface area contributed by atoms with E-state index in [0.29, 0.717) is 5.56 Å². The van der Waals surface area contributed by atoms with Crippen LogP contribution in [0.5, 0.6) is 5.75 Å². The van der Waals surface area contributed by atoms with Crippen LogP contribution in [0.1, 0.15) is 10.4 Å². The zero-order valence-electron chi connectivity index (χ0n) is 13.5. The number of ether oxygens (including phenoxy) is 1. The Bertz CT molecular complexity index is 850. The molecule has 3 aromatic rings. The number of methoxy groups -OCH3 is 1. The highest BCUT2D eigenvalue weighted by molar-refractivity contribution is 9.10. The molecule has 0 saturated heterocycles.